The van der Waals surface area contributed by atoms with Gasteiger partial charge in [0.1, 0.15) is 0 Å². The summed E-state index contributed by atoms with van der Waals surface area (Å²) in [5, 5.41) is 2.36. The Hall–Kier alpha value is -1.98. The van der Waals surface area contributed by atoms with Crippen LogP contribution in [0.25, 0.3) is 0 Å². The molecule has 2 heterocycles. The number of hydrogen-bond donors (Lipinski definition) is 1. The van der Waals surface area contributed by atoms with Crippen LogP contribution in [-0.4, -0.2) is 42.3 Å². The molecule has 3 rings (SSSR count). The van der Waals surface area contributed by atoms with Crippen LogP contribution in [0.5, 0.6) is 0 Å². The molecule has 2 fully saturated rings. The smallest absolute Gasteiger partial charge is 0.255 e. The Balaban J connectivity index is 1.94. The van der Waals surface area contributed by atoms with Crippen molar-refractivity contribution in [1.29, 1.82) is 0 Å². The van der Waals surface area contributed by atoms with Gasteiger partial charge in [0.2, 0.25) is 11.8 Å². The van der Waals surface area contributed by atoms with Crippen molar-refractivity contribution in [1.82, 2.24) is 10.2 Å². The molecule has 1 aromatic rings. The van der Waals surface area contributed by atoms with Gasteiger partial charge < -0.3 is 10.2 Å². The topological polar surface area (TPSA) is 49.4 Å². The van der Waals surface area contributed by atoms with Crippen molar-refractivity contribution in [2.24, 2.45) is 0 Å². The largest absolute Gasteiger partial charge is 0.350 e. The van der Waals surface area contributed by atoms with Crippen molar-refractivity contribution < 1.29 is 18.4 Å². The van der Waals surface area contributed by atoms with Crippen molar-refractivity contribution in [2.45, 2.75) is 44.1 Å². The van der Waals surface area contributed by atoms with Crippen LogP contribution in [-0.2, 0) is 15.0 Å². The average Bonchev–Trinajstić information content (AvgIpc) is 3.05. The molecule has 2 aliphatic rings. The second-order valence-corrected chi connectivity index (χ2v) is 6.47. The van der Waals surface area contributed by atoms with Crippen molar-refractivity contribution >= 4 is 11.8 Å². The second-order valence-electron chi connectivity index (χ2n) is 6.47. The standard InChI is InChI=1S/C17H20F2N2O2/c1-11-3-2-4-12(7-11)17(16(23)20-9-14(18)19)8-13-5-6-15(22)21(13)10-17/h2-4,7,13-14H,5-6,8-10H2,1H3,(H,20,23)/t13-,17+/m0/s1. The maximum Gasteiger partial charge on any atom is 0.255 e. The molecule has 0 saturated carbocycles. The van der Waals surface area contributed by atoms with E-state index in [2.05, 4.69) is 5.32 Å². The first-order chi connectivity index (χ1) is 10.9. The first-order valence-electron chi connectivity index (χ1n) is 7.85. The highest BCUT2D eigenvalue weighted by atomic mass is 19.3. The van der Waals surface area contributed by atoms with Crippen LogP contribution in [0.3, 0.4) is 0 Å². The lowest BCUT2D eigenvalue weighted by Gasteiger charge is -2.29. The van der Waals surface area contributed by atoms with E-state index in [1.165, 1.54) is 0 Å². The molecule has 0 aromatic heterocycles. The summed E-state index contributed by atoms with van der Waals surface area (Å²) in [6.45, 7) is 1.54. The van der Waals surface area contributed by atoms with E-state index in [9.17, 15) is 18.4 Å². The van der Waals surface area contributed by atoms with Crippen LogP contribution in [0.4, 0.5) is 8.78 Å². The van der Waals surface area contributed by atoms with Crippen molar-refractivity contribution in [2.75, 3.05) is 13.1 Å². The fourth-order valence-corrected chi connectivity index (χ4v) is 3.77. The number of nitrogens with one attached hydrogen (secondary N) is 1. The van der Waals surface area contributed by atoms with Gasteiger partial charge >= 0.3 is 0 Å². The van der Waals surface area contributed by atoms with Crippen LogP contribution >= 0.6 is 0 Å². The fraction of sp³-hybridized carbons (Fsp3) is 0.529. The summed E-state index contributed by atoms with van der Waals surface area (Å²) in [5.41, 5.74) is 0.871. The number of amides is 2. The highest BCUT2D eigenvalue weighted by molar-refractivity contribution is 5.91. The summed E-state index contributed by atoms with van der Waals surface area (Å²) < 4.78 is 25.0. The van der Waals surface area contributed by atoms with Crippen molar-refractivity contribution in [3.63, 3.8) is 0 Å². The molecule has 2 amide bonds. The number of carbonyl (C=O) groups is 2. The zero-order valence-electron chi connectivity index (χ0n) is 13.0. The van der Waals surface area contributed by atoms with E-state index in [-0.39, 0.29) is 18.5 Å². The molecule has 2 saturated heterocycles. The maximum atomic E-state index is 12.7. The molecule has 124 valence electrons. The summed E-state index contributed by atoms with van der Waals surface area (Å²) in [5.74, 6) is -0.364. The molecule has 0 radical (unpaired) electrons. The molecular weight excluding hydrogens is 302 g/mol. The van der Waals surface area contributed by atoms with Gasteiger partial charge in [0.15, 0.2) is 0 Å². The SMILES string of the molecule is Cc1cccc([C@@]2(C(=O)NCC(F)F)C[C@@H]3CCC(=O)N3C2)c1. The summed E-state index contributed by atoms with van der Waals surface area (Å²) in [6.07, 6.45) is -0.852. The number of carbonyl (C=O) groups excluding carboxylic acids is 2. The molecule has 0 unspecified atom stereocenters. The minimum absolute atomic E-state index is 0.0281. The minimum atomic E-state index is -2.59. The van der Waals surface area contributed by atoms with Crippen LogP contribution in [0.1, 0.15) is 30.4 Å². The second kappa shape index (κ2) is 5.91. The number of nitrogens with zero attached hydrogens (tertiary/aromatic N) is 1. The average molecular weight is 322 g/mol. The van der Waals surface area contributed by atoms with Crippen molar-refractivity contribution in [3.8, 4) is 0 Å². The molecule has 0 bridgehead atoms. The Morgan fingerprint density at radius 3 is 2.91 bits per heavy atom. The summed E-state index contributed by atoms with van der Waals surface area (Å²) in [7, 11) is 0. The van der Waals surface area contributed by atoms with E-state index in [4.69, 9.17) is 0 Å². The number of alkyl halides is 2. The summed E-state index contributed by atoms with van der Waals surface area (Å²) in [4.78, 5) is 26.5. The summed E-state index contributed by atoms with van der Waals surface area (Å²) >= 11 is 0. The summed E-state index contributed by atoms with van der Waals surface area (Å²) in [6, 6.07) is 7.57. The van der Waals surface area contributed by atoms with Crippen LogP contribution in [0, 0.1) is 6.92 Å². The van der Waals surface area contributed by atoms with Gasteiger partial charge in [0, 0.05) is 19.0 Å². The van der Waals surface area contributed by atoms with E-state index in [0.29, 0.717) is 12.8 Å². The Labute approximate surface area is 133 Å². The van der Waals surface area contributed by atoms with Gasteiger partial charge in [0.25, 0.3) is 6.43 Å². The van der Waals surface area contributed by atoms with E-state index in [1.54, 1.807) is 4.90 Å². The predicted molar refractivity (Wildman–Crippen MR) is 81.2 cm³/mol. The predicted octanol–water partition coefficient (Wildman–Crippen LogP) is 2.01. The molecule has 4 nitrogen and oxygen atoms in total. The Kier molecular flexibility index (Phi) is 4.08. The fourth-order valence-electron chi connectivity index (χ4n) is 3.77. The number of rotatable bonds is 4. The van der Waals surface area contributed by atoms with Crippen LogP contribution < -0.4 is 5.32 Å². The molecule has 2 aliphatic heterocycles. The first kappa shape index (κ1) is 15.9. The molecule has 0 aliphatic carbocycles. The lowest BCUT2D eigenvalue weighted by atomic mass is 9.76. The van der Waals surface area contributed by atoms with Gasteiger partial charge in [-0.15, -0.1) is 0 Å². The van der Waals surface area contributed by atoms with E-state index in [1.807, 2.05) is 31.2 Å². The molecular formula is C17H20F2N2O2. The lowest BCUT2D eigenvalue weighted by molar-refractivity contribution is -0.129. The lowest BCUT2D eigenvalue weighted by Crippen LogP contribution is -2.48. The molecule has 2 atom stereocenters. The maximum absolute atomic E-state index is 12.7. The van der Waals surface area contributed by atoms with Crippen molar-refractivity contribution in [3.05, 3.63) is 35.4 Å². The van der Waals surface area contributed by atoms with E-state index in [0.717, 1.165) is 17.5 Å². The zero-order chi connectivity index (χ0) is 16.6. The Bertz CT molecular complexity index is 635. The van der Waals surface area contributed by atoms with Gasteiger partial charge in [-0.25, -0.2) is 8.78 Å². The van der Waals surface area contributed by atoms with Gasteiger partial charge in [-0.2, -0.15) is 0 Å². The highest BCUT2D eigenvalue weighted by Gasteiger charge is 2.53. The van der Waals surface area contributed by atoms with E-state index >= 15 is 0 Å². The molecule has 1 aromatic carbocycles. The van der Waals surface area contributed by atoms with E-state index < -0.39 is 24.3 Å². The first-order valence-corrected chi connectivity index (χ1v) is 7.85. The number of halogens is 2. The molecule has 6 heteroatoms. The number of fused-ring (bicyclic) bond motifs is 1. The third-order valence-corrected chi connectivity index (χ3v) is 4.90. The number of hydrogen-bond acceptors (Lipinski definition) is 2. The van der Waals surface area contributed by atoms with Crippen LogP contribution in [0.2, 0.25) is 0 Å². The Morgan fingerprint density at radius 1 is 1.48 bits per heavy atom. The zero-order valence-corrected chi connectivity index (χ0v) is 13.0. The van der Waals surface area contributed by atoms with Gasteiger partial charge in [-0.05, 0) is 25.3 Å². The van der Waals surface area contributed by atoms with Gasteiger partial charge in [0.05, 0.1) is 12.0 Å². The Morgan fingerprint density at radius 2 is 2.26 bits per heavy atom. The molecule has 1 N–H and O–H groups in total. The minimum Gasteiger partial charge on any atom is -0.350 e. The number of benzene rings is 1. The normalized spacial score (nSPS) is 26.7. The quantitative estimate of drug-likeness (QED) is 0.922. The monoisotopic (exact) mass is 322 g/mol. The highest BCUT2D eigenvalue weighted by Crippen LogP contribution is 2.43. The molecule has 0 spiro atoms. The third-order valence-electron chi connectivity index (χ3n) is 4.90. The molecule has 23 heavy (non-hydrogen) atoms. The van der Waals surface area contributed by atoms with Gasteiger partial charge in [-0.3, -0.25) is 9.59 Å². The number of aryl methyl sites for hydroxylation is 1. The third kappa shape index (κ3) is 2.82. The van der Waals surface area contributed by atoms with Crippen LogP contribution in [0.15, 0.2) is 24.3 Å². The van der Waals surface area contributed by atoms with Gasteiger partial charge in [-0.1, -0.05) is 29.8 Å².